The van der Waals surface area contributed by atoms with E-state index in [0.717, 1.165) is 0 Å². The van der Waals surface area contributed by atoms with Crippen molar-refractivity contribution in [2.75, 3.05) is 14.2 Å². The van der Waals surface area contributed by atoms with E-state index in [1.165, 1.54) is 0 Å². The van der Waals surface area contributed by atoms with E-state index in [9.17, 15) is 0 Å². The van der Waals surface area contributed by atoms with Gasteiger partial charge in [-0.1, -0.05) is 0 Å². The van der Waals surface area contributed by atoms with E-state index in [2.05, 4.69) is 33.9 Å². The summed E-state index contributed by atoms with van der Waals surface area (Å²) in [6.45, 7) is 3.46. The number of ether oxygens (including phenoxy) is 2. The number of methoxy groups -OCH3 is 2. The van der Waals surface area contributed by atoms with Gasteiger partial charge in [0.25, 0.3) is 0 Å². The van der Waals surface area contributed by atoms with Crippen molar-refractivity contribution in [3.05, 3.63) is 0 Å². The highest BCUT2D eigenvalue weighted by Gasteiger charge is 1.69. The van der Waals surface area contributed by atoms with Gasteiger partial charge in [0.15, 0.2) is 10.1 Å². The van der Waals surface area contributed by atoms with Gasteiger partial charge in [0, 0.05) is 13.8 Å². The largest absolute Gasteiger partial charge is 0.491 e. The minimum absolute atomic E-state index is 0.588. The minimum Gasteiger partial charge on any atom is -0.491 e. The van der Waals surface area contributed by atoms with Gasteiger partial charge in [-0.25, -0.2) is 0 Å². The van der Waals surface area contributed by atoms with Crippen molar-refractivity contribution < 1.29 is 9.47 Å². The number of hydrogen-bond acceptors (Lipinski definition) is 4. The lowest BCUT2D eigenvalue weighted by molar-refractivity contribution is 0.411. The van der Waals surface area contributed by atoms with Crippen molar-refractivity contribution in [1.29, 1.82) is 0 Å². The molecule has 4 heteroatoms. The maximum absolute atomic E-state index is 4.48. The fourth-order valence-corrected chi connectivity index (χ4v) is 0. The quantitative estimate of drug-likeness (QED) is 0.530. The summed E-state index contributed by atoms with van der Waals surface area (Å²) < 4.78 is 8.96. The summed E-state index contributed by atoms with van der Waals surface area (Å²) in [6, 6.07) is 0. The molecule has 0 saturated carbocycles. The molecule has 10 heavy (non-hydrogen) atoms. The van der Waals surface area contributed by atoms with Gasteiger partial charge in [0.1, 0.15) is 0 Å². The molecule has 0 saturated heterocycles. The zero-order valence-corrected chi connectivity index (χ0v) is 8.27. The molecule has 60 valence electrons. The summed E-state index contributed by atoms with van der Waals surface area (Å²) in [5, 5.41) is 1.18. The molecule has 0 aliphatic carbocycles. The second kappa shape index (κ2) is 8.78. The number of thiocarbonyl (C=S) groups is 2. The molecule has 0 bridgehead atoms. The van der Waals surface area contributed by atoms with Gasteiger partial charge in [0.2, 0.25) is 0 Å². The monoisotopic (exact) mass is 180 g/mol. The Morgan fingerprint density at radius 2 is 1.00 bits per heavy atom. The van der Waals surface area contributed by atoms with E-state index >= 15 is 0 Å². The molecule has 0 N–H and O–H groups in total. The van der Waals surface area contributed by atoms with E-state index in [1.54, 1.807) is 28.1 Å². The molecule has 0 atom stereocenters. The summed E-state index contributed by atoms with van der Waals surface area (Å²) in [5.41, 5.74) is 0. The van der Waals surface area contributed by atoms with Crippen LogP contribution in [0.25, 0.3) is 0 Å². The molecule has 0 aliphatic rings. The Labute approximate surface area is 72.5 Å². The number of rotatable bonds is 0. The first-order valence-electron chi connectivity index (χ1n) is 2.63. The Balaban J connectivity index is 0. The Hall–Kier alpha value is -0.220. The highest BCUT2D eigenvalue weighted by molar-refractivity contribution is 7.80. The van der Waals surface area contributed by atoms with Crippen LogP contribution in [-0.4, -0.2) is 24.3 Å². The lowest BCUT2D eigenvalue weighted by Crippen LogP contribution is -1.84. The van der Waals surface area contributed by atoms with Crippen molar-refractivity contribution in [3.63, 3.8) is 0 Å². The number of hydrogen-bond donors (Lipinski definition) is 0. The second-order valence-corrected chi connectivity index (χ2v) is 2.54. The predicted molar refractivity (Wildman–Crippen MR) is 50.6 cm³/mol. The molecule has 0 aromatic heterocycles. The first kappa shape index (κ1) is 12.5. The van der Waals surface area contributed by atoms with Gasteiger partial charge in [-0.05, 0) is 24.4 Å². The summed E-state index contributed by atoms with van der Waals surface area (Å²) >= 11 is 8.95. The van der Waals surface area contributed by atoms with Gasteiger partial charge in [-0.2, -0.15) is 0 Å². The van der Waals surface area contributed by atoms with Crippen LogP contribution in [0.4, 0.5) is 0 Å². The van der Waals surface area contributed by atoms with E-state index in [0.29, 0.717) is 10.1 Å². The molecule has 0 unspecified atom stereocenters. The van der Waals surface area contributed by atoms with Gasteiger partial charge >= 0.3 is 0 Å². The molecule has 0 aromatic carbocycles. The average molecular weight is 180 g/mol. The molecule has 0 aliphatic heterocycles. The van der Waals surface area contributed by atoms with Crippen molar-refractivity contribution in [1.82, 2.24) is 0 Å². The van der Waals surface area contributed by atoms with Crippen molar-refractivity contribution in [2.24, 2.45) is 0 Å². The van der Waals surface area contributed by atoms with Crippen LogP contribution in [-0.2, 0) is 9.47 Å². The van der Waals surface area contributed by atoms with Gasteiger partial charge in [0.05, 0.1) is 14.2 Å². The van der Waals surface area contributed by atoms with Crippen LogP contribution < -0.4 is 0 Å². The zero-order valence-electron chi connectivity index (χ0n) is 6.63. The highest BCUT2D eigenvalue weighted by atomic mass is 32.1. The Bertz CT molecular complexity index is 98.3. The minimum atomic E-state index is 0.588. The van der Waals surface area contributed by atoms with Crippen molar-refractivity contribution in [2.45, 2.75) is 13.8 Å². The molecular weight excluding hydrogens is 168 g/mol. The predicted octanol–water partition coefficient (Wildman–Crippen LogP) is 1.96. The summed E-state index contributed by atoms with van der Waals surface area (Å²) in [5.74, 6) is 0. The molecule has 0 amide bonds. The lowest BCUT2D eigenvalue weighted by atomic mass is 10.9. The molecule has 0 spiro atoms. The van der Waals surface area contributed by atoms with E-state index < -0.39 is 0 Å². The third-order valence-electron chi connectivity index (χ3n) is 0.575. The van der Waals surface area contributed by atoms with Crippen LogP contribution in [0, 0.1) is 0 Å². The van der Waals surface area contributed by atoms with Crippen molar-refractivity contribution >= 4 is 34.5 Å². The van der Waals surface area contributed by atoms with E-state index in [-0.39, 0.29) is 0 Å². The molecule has 0 fully saturated rings. The maximum atomic E-state index is 4.48. The second-order valence-electron chi connectivity index (χ2n) is 1.39. The zero-order chi connectivity index (χ0) is 8.57. The molecular formula is C6H12O2S2. The summed E-state index contributed by atoms with van der Waals surface area (Å²) in [4.78, 5) is 0. The first-order chi connectivity index (χ1) is 4.54. The van der Waals surface area contributed by atoms with Crippen LogP contribution in [0.15, 0.2) is 0 Å². The molecule has 0 radical (unpaired) electrons. The van der Waals surface area contributed by atoms with Gasteiger partial charge < -0.3 is 9.47 Å². The van der Waals surface area contributed by atoms with E-state index in [1.807, 2.05) is 0 Å². The summed E-state index contributed by atoms with van der Waals surface area (Å²) in [6.07, 6.45) is 0. The first-order valence-corrected chi connectivity index (χ1v) is 3.45. The Morgan fingerprint density at radius 1 is 0.900 bits per heavy atom. The van der Waals surface area contributed by atoms with E-state index in [4.69, 9.17) is 0 Å². The molecule has 0 rings (SSSR count). The molecule has 0 aromatic rings. The standard InChI is InChI=1S/2C3H6OS/c2*1-3(5)4-2/h2*1-2H3. The van der Waals surface area contributed by atoms with Crippen LogP contribution in [0.1, 0.15) is 13.8 Å². The van der Waals surface area contributed by atoms with Crippen LogP contribution in [0.3, 0.4) is 0 Å². The smallest absolute Gasteiger partial charge is 0.156 e. The van der Waals surface area contributed by atoms with Crippen LogP contribution in [0.5, 0.6) is 0 Å². The van der Waals surface area contributed by atoms with Gasteiger partial charge in [-0.3, -0.25) is 0 Å². The maximum Gasteiger partial charge on any atom is 0.156 e. The fraction of sp³-hybridized carbons (Fsp3) is 0.667. The van der Waals surface area contributed by atoms with Crippen LogP contribution in [0.2, 0.25) is 0 Å². The SMILES string of the molecule is COC(C)=S.COC(C)=S. The normalized spacial score (nSPS) is 6.80. The highest BCUT2D eigenvalue weighted by Crippen LogP contribution is 1.69. The topological polar surface area (TPSA) is 18.5 Å². The lowest BCUT2D eigenvalue weighted by Gasteiger charge is -1.85. The Kier molecular flexibility index (Phi) is 10.9. The third-order valence-corrected chi connectivity index (χ3v) is 0.908. The Morgan fingerprint density at radius 3 is 1.00 bits per heavy atom. The van der Waals surface area contributed by atoms with Gasteiger partial charge in [-0.15, -0.1) is 0 Å². The molecule has 0 heterocycles. The van der Waals surface area contributed by atoms with Crippen molar-refractivity contribution in [3.8, 4) is 0 Å². The average Bonchev–Trinajstić information content (AvgIpc) is 1.89. The third kappa shape index (κ3) is 25.0. The van der Waals surface area contributed by atoms with Crippen LogP contribution >= 0.6 is 24.4 Å². The fourth-order valence-electron chi connectivity index (χ4n) is 0. The summed E-state index contributed by atoms with van der Waals surface area (Å²) in [7, 11) is 3.12. The molecule has 2 nitrogen and oxygen atoms in total.